The number of hydrogen-bond acceptors (Lipinski definition) is 5. The van der Waals surface area contributed by atoms with E-state index in [-0.39, 0.29) is 5.91 Å². The molecule has 1 saturated heterocycles. The van der Waals surface area contributed by atoms with E-state index in [9.17, 15) is 9.59 Å². The van der Waals surface area contributed by atoms with Crippen LogP contribution in [-0.2, 0) is 9.47 Å². The molecule has 178 valence electrons. The first kappa shape index (κ1) is 24.9. The fourth-order valence-electron chi connectivity index (χ4n) is 3.33. The molecule has 7 nitrogen and oxygen atoms in total. The van der Waals surface area contributed by atoms with Crippen LogP contribution in [0.1, 0.15) is 37.6 Å². The highest BCUT2D eigenvalue weighted by Gasteiger charge is 2.18. The fourth-order valence-corrected chi connectivity index (χ4v) is 3.56. The molecule has 2 aromatic carbocycles. The molecule has 0 atom stereocenters. The SMILES string of the molecule is CC(C)(C)OC(=O)NCCCOc1cc(Cl)cc(-c2ccc(C(=O)N3CCOCC3)cc2)c1. The molecule has 2 amide bonds. The first-order chi connectivity index (χ1) is 15.7. The van der Waals surface area contributed by atoms with Gasteiger partial charge < -0.3 is 24.4 Å². The number of alkyl carbamates (subject to hydrolysis) is 1. The molecule has 0 spiro atoms. The summed E-state index contributed by atoms with van der Waals surface area (Å²) in [4.78, 5) is 26.1. The highest BCUT2D eigenvalue weighted by molar-refractivity contribution is 6.31. The van der Waals surface area contributed by atoms with Crippen molar-refractivity contribution in [1.82, 2.24) is 10.2 Å². The summed E-state index contributed by atoms with van der Waals surface area (Å²) in [5.41, 5.74) is 1.96. The van der Waals surface area contributed by atoms with Gasteiger partial charge in [-0.1, -0.05) is 23.7 Å². The summed E-state index contributed by atoms with van der Waals surface area (Å²) < 4.78 is 16.3. The first-order valence-electron chi connectivity index (χ1n) is 11.1. The van der Waals surface area contributed by atoms with Crippen LogP contribution in [-0.4, -0.2) is 62.0 Å². The standard InChI is InChI=1S/C25H31ClN2O5/c1-25(2,3)33-24(30)27-9-4-12-32-22-16-20(15-21(26)17-22)18-5-7-19(8-6-18)23(29)28-10-13-31-14-11-28/h5-8,15-17H,4,9-14H2,1-3H3,(H,27,30). The first-order valence-corrected chi connectivity index (χ1v) is 11.5. The number of amides is 2. The second kappa shape index (κ2) is 11.4. The lowest BCUT2D eigenvalue weighted by atomic mass is 10.0. The number of carbonyl (C=O) groups excluding carboxylic acids is 2. The highest BCUT2D eigenvalue weighted by atomic mass is 35.5. The number of morpholine rings is 1. The molecule has 0 bridgehead atoms. The molecule has 3 rings (SSSR count). The number of benzene rings is 2. The zero-order valence-corrected chi connectivity index (χ0v) is 20.1. The van der Waals surface area contributed by atoms with Gasteiger partial charge in [0.2, 0.25) is 0 Å². The van der Waals surface area contributed by atoms with E-state index < -0.39 is 11.7 Å². The van der Waals surface area contributed by atoms with Crippen molar-refractivity contribution in [3.05, 3.63) is 53.1 Å². The predicted molar refractivity (Wildman–Crippen MR) is 128 cm³/mol. The number of hydrogen-bond donors (Lipinski definition) is 1. The van der Waals surface area contributed by atoms with Gasteiger partial charge in [0.1, 0.15) is 11.4 Å². The van der Waals surface area contributed by atoms with Gasteiger partial charge in [0.25, 0.3) is 5.91 Å². The molecule has 1 aliphatic heterocycles. The minimum absolute atomic E-state index is 0.0138. The smallest absolute Gasteiger partial charge is 0.407 e. The Hall–Kier alpha value is -2.77. The molecule has 0 aliphatic carbocycles. The molecule has 0 unspecified atom stereocenters. The van der Waals surface area contributed by atoms with Crippen molar-refractivity contribution in [2.24, 2.45) is 0 Å². The molecule has 1 aliphatic rings. The minimum atomic E-state index is -0.522. The molecule has 2 aromatic rings. The Bertz CT molecular complexity index is 950. The quantitative estimate of drug-likeness (QED) is 0.585. The minimum Gasteiger partial charge on any atom is -0.493 e. The van der Waals surface area contributed by atoms with Gasteiger partial charge in [-0.25, -0.2) is 4.79 Å². The monoisotopic (exact) mass is 474 g/mol. The number of carbonyl (C=O) groups is 2. The van der Waals surface area contributed by atoms with Gasteiger partial charge in [-0.15, -0.1) is 0 Å². The van der Waals surface area contributed by atoms with Gasteiger partial charge in [-0.2, -0.15) is 0 Å². The van der Waals surface area contributed by atoms with Crippen LogP contribution in [0.15, 0.2) is 42.5 Å². The molecule has 0 saturated carbocycles. The van der Waals surface area contributed by atoms with Crippen molar-refractivity contribution in [2.45, 2.75) is 32.8 Å². The van der Waals surface area contributed by atoms with Crippen LogP contribution in [0.5, 0.6) is 5.75 Å². The third-order valence-corrected chi connectivity index (χ3v) is 5.11. The summed E-state index contributed by atoms with van der Waals surface area (Å²) in [6, 6.07) is 13.0. The molecule has 8 heteroatoms. The average molecular weight is 475 g/mol. The van der Waals surface area contributed by atoms with Crippen LogP contribution < -0.4 is 10.1 Å². The van der Waals surface area contributed by atoms with E-state index in [1.165, 1.54) is 0 Å². The Morgan fingerprint density at radius 1 is 1.06 bits per heavy atom. The molecule has 1 N–H and O–H groups in total. The third-order valence-electron chi connectivity index (χ3n) is 4.89. The van der Waals surface area contributed by atoms with Crippen molar-refractivity contribution in [3.8, 4) is 16.9 Å². The number of rotatable bonds is 7. The van der Waals surface area contributed by atoms with Crippen molar-refractivity contribution in [1.29, 1.82) is 0 Å². The van der Waals surface area contributed by atoms with E-state index in [1.54, 1.807) is 6.07 Å². The molecule has 1 fully saturated rings. The van der Waals surface area contributed by atoms with Gasteiger partial charge in [0.05, 0.1) is 19.8 Å². The maximum absolute atomic E-state index is 12.6. The number of nitrogens with one attached hydrogen (secondary N) is 1. The summed E-state index contributed by atoms with van der Waals surface area (Å²) in [6.45, 7) is 8.71. The van der Waals surface area contributed by atoms with E-state index >= 15 is 0 Å². The van der Waals surface area contributed by atoms with Crippen molar-refractivity contribution in [2.75, 3.05) is 39.5 Å². The zero-order valence-electron chi connectivity index (χ0n) is 19.4. The Morgan fingerprint density at radius 3 is 2.42 bits per heavy atom. The Balaban J connectivity index is 1.54. The number of ether oxygens (including phenoxy) is 3. The normalized spacial score (nSPS) is 14.0. The van der Waals surface area contributed by atoms with E-state index in [0.29, 0.717) is 62.2 Å². The van der Waals surface area contributed by atoms with E-state index in [2.05, 4.69) is 5.32 Å². The van der Waals surface area contributed by atoms with Gasteiger partial charge >= 0.3 is 6.09 Å². The molecule has 0 aromatic heterocycles. The topological polar surface area (TPSA) is 77.1 Å². The zero-order chi connectivity index (χ0) is 23.8. The van der Waals surface area contributed by atoms with E-state index in [1.807, 2.05) is 62.1 Å². The van der Waals surface area contributed by atoms with Gasteiger partial charge in [-0.05, 0) is 68.7 Å². The molecular weight excluding hydrogens is 444 g/mol. The largest absolute Gasteiger partial charge is 0.493 e. The van der Waals surface area contributed by atoms with E-state index in [4.69, 9.17) is 25.8 Å². The van der Waals surface area contributed by atoms with Crippen LogP contribution in [0.3, 0.4) is 0 Å². The van der Waals surface area contributed by atoms with Crippen molar-refractivity contribution < 1.29 is 23.8 Å². The number of halogens is 1. The van der Waals surface area contributed by atoms with Gasteiger partial charge in [0.15, 0.2) is 0 Å². The van der Waals surface area contributed by atoms with Crippen molar-refractivity contribution in [3.63, 3.8) is 0 Å². The summed E-state index contributed by atoms with van der Waals surface area (Å²) in [7, 11) is 0. The highest BCUT2D eigenvalue weighted by Crippen LogP contribution is 2.29. The molecule has 1 heterocycles. The predicted octanol–water partition coefficient (Wildman–Crippen LogP) is 4.77. The summed E-state index contributed by atoms with van der Waals surface area (Å²) >= 11 is 6.30. The van der Waals surface area contributed by atoms with Gasteiger partial charge in [-0.3, -0.25) is 4.79 Å². The summed E-state index contributed by atoms with van der Waals surface area (Å²) in [5, 5.41) is 3.27. The third kappa shape index (κ3) is 7.94. The average Bonchev–Trinajstić information content (AvgIpc) is 2.77. The number of nitrogens with zero attached hydrogens (tertiary/aromatic N) is 1. The lowest BCUT2D eigenvalue weighted by Gasteiger charge is -2.26. The van der Waals surface area contributed by atoms with Crippen LogP contribution >= 0.6 is 11.6 Å². The van der Waals surface area contributed by atoms with Crippen LogP contribution in [0.4, 0.5) is 4.79 Å². The Labute approximate surface area is 200 Å². The van der Waals surface area contributed by atoms with Crippen LogP contribution in [0.25, 0.3) is 11.1 Å². The molecule has 0 radical (unpaired) electrons. The van der Waals surface area contributed by atoms with Crippen LogP contribution in [0, 0.1) is 0 Å². The molecule has 33 heavy (non-hydrogen) atoms. The summed E-state index contributed by atoms with van der Waals surface area (Å²) in [5.74, 6) is 0.656. The maximum Gasteiger partial charge on any atom is 0.407 e. The van der Waals surface area contributed by atoms with E-state index in [0.717, 1.165) is 11.1 Å². The second-order valence-corrected chi connectivity index (χ2v) is 9.22. The Morgan fingerprint density at radius 2 is 1.76 bits per heavy atom. The molecular formula is C25H31ClN2O5. The van der Waals surface area contributed by atoms with Crippen LogP contribution in [0.2, 0.25) is 5.02 Å². The maximum atomic E-state index is 12.6. The summed E-state index contributed by atoms with van der Waals surface area (Å²) in [6.07, 6.45) is 0.183. The lowest BCUT2D eigenvalue weighted by molar-refractivity contribution is 0.0303. The lowest BCUT2D eigenvalue weighted by Crippen LogP contribution is -2.40. The van der Waals surface area contributed by atoms with Gasteiger partial charge in [0, 0.05) is 30.2 Å². The Kier molecular flexibility index (Phi) is 8.58. The fraction of sp³-hybridized carbons (Fsp3) is 0.440. The second-order valence-electron chi connectivity index (χ2n) is 8.79. The van der Waals surface area contributed by atoms with Crippen molar-refractivity contribution >= 4 is 23.6 Å².